The molecule has 0 spiro atoms. The standard InChI is InChI=1S/C20H27N3O4/c1-3-11-27-17-10-9-15(12-18(17)26-2)14-21-23-20(25)13-19(24)22-16-7-5-4-6-8-16/h3,9-10,12,14,16H,1,4-8,11,13H2,2H3,(H,22,24)(H,23,25)/b21-14-. The van der Waals surface area contributed by atoms with E-state index < -0.39 is 5.91 Å². The minimum Gasteiger partial charge on any atom is -0.493 e. The molecule has 2 rings (SSSR count). The number of ether oxygens (including phenoxy) is 2. The molecule has 0 heterocycles. The van der Waals surface area contributed by atoms with Crippen LogP contribution in [0.15, 0.2) is 36.0 Å². The van der Waals surface area contributed by atoms with Crippen LogP contribution < -0.4 is 20.2 Å². The highest BCUT2D eigenvalue weighted by molar-refractivity contribution is 5.97. The Bertz CT molecular complexity index is 682. The van der Waals surface area contributed by atoms with Crippen molar-refractivity contribution in [3.8, 4) is 11.5 Å². The monoisotopic (exact) mass is 373 g/mol. The molecule has 0 radical (unpaired) electrons. The van der Waals surface area contributed by atoms with Gasteiger partial charge < -0.3 is 14.8 Å². The van der Waals surface area contributed by atoms with E-state index in [1.165, 1.54) is 12.6 Å². The number of carbonyl (C=O) groups excluding carboxylic acids is 2. The van der Waals surface area contributed by atoms with E-state index in [0.29, 0.717) is 18.1 Å². The lowest BCUT2D eigenvalue weighted by atomic mass is 9.95. The maximum atomic E-state index is 11.9. The van der Waals surface area contributed by atoms with Gasteiger partial charge in [-0.3, -0.25) is 9.59 Å². The molecule has 1 saturated carbocycles. The summed E-state index contributed by atoms with van der Waals surface area (Å²) in [5, 5.41) is 6.80. The van der Waals surface area contributed by atoms with Crippen molar-refractivity contribution in [1.82, 2.24) is 10.7 Å². The molecule has 2 amide bonds. The molecule has 0 bridgehead atoms. The Balaban J connectivity index is 1.80. The van der Waals surface area contributed by atoms with Gasteiger partial charge in [-0.25, -0.2) is 5.43 Å². The number of nitrogens with one attached hydrogen (secondary N) is 2. The zero-order valence-electron chi connectivity index (χ0n) is 15.7. The molecule has 146 valence electrons. The Hall–Kier alpha value is -2.83. The topological polar surface area (TPSA) is 89.0 Å². The lowest BCUT2D eigenvalue weighted by Gasteiger charge is -2.22. The van der Waals surface area contributed by atoms with Crippen LogP contribution in [0.1, 0.15) is 44.1 Å². The Morgan fingerprint density at radius 3 is 2.70 bits per heavy atom. The van der Waals surface area contributed by atoms with Crippen LogP contribution in [0.2, 0.25) is 0 Å². The molecule has 1 aromatic rings. The van der Waals surface area contributed by atoms with Crippen molar-refractivity contribution in [1.29, 1.82) is 0 Å². The molecule has 0 aromatic heterocycles. The second kappa shape index (κ2) is 11.0. The number of amides is 2. The fraction of sp³-hybridized carbons (Fsp3) is 0.450. The number of benzene rings is 1. The summed E-state index contributed by atoms with van der Waals surface area (Å²) in [6.45, 7) is 3.98. The summed E-state index contributed by atoms with van der Waals surface area (Å²) in [5.74, 6) is 0.439. The second-order valence-electron chi connectivity index (χ2n) is 6.38. The third-order valence-corrected chi connectivity index (χ3v) is 4.24. The summed E-state index contributed by atoms with van der Waals surface area (Å²) >= 11 is 0. The molecular weight excluding hydrogens is 346 g/mol. The normalized spacial score (nSPS) is 14.6. The van der Waals surface area contributed by atoms with Gasteiger partial charge in [-0.05, 0) is 36.6 Å². The predicted molar refractivity (Wildman–Crippen MR) is 104 cm³/mol. The maximum Gasteiger partial charge on any atom is 0.249 e. The van der Waals surface area contributed by atoms with Gasteiger partial charge in [0.25, 0.3) is 0 Å². The van der Waals surface area contributed by atoms with Crippen molar-refractivity contribution >= 4 is 18.0 Å². The second-order valence-corrected chi connectivity index (χ2v) is 6.38. The van der Waals surface area contributed by atoms with Crippen LogP contribution in [-0.4, -0.2) is 37.8 Å². The van der Waals surface area contributed by atoms with Crippen molar-refractivity contribution in [3.63, 3.8) is 0 Å². The van der Waals surface area contributed by atoms with Crippen LogP contribution in [0.3, 0.4) is 0 Å². The van der Waals surface area contributed by atoms with Crippen molar-refractivity contribution in [2.45, 2.75) is 44.6 Å². The van der Waals surface area contributed by atoms with E-state index in [1.54, 1.807) is 31.4 Å². The summed E-state index contributed by atoms with van der Waals surface area (Å²) in [7, 11) is 1.55. The fourth-order valence-electron chi connectivity index (χ4n) is 2.92. The predicted octanol–water partition coefficient (Wildman–Crippen LogP) is 2.55. The van der Waals surface area contributed by atoms with Gasteiger partial charge in [0.15, 0.2) is 11.5 Å². The fourth-order valence-corrected chi connectivity index (χ4v) is 2.92. The van der Waals surface area contributed by atoms with E-state index in [2.05, 4.69) is 22.4 Å². The first kappa shape index (κ1) is 20.5. The van der Waals surface area contributed by atoms with Gasteiger partial charge >= 0.3 is 0 Å². The molecule has 1 aliphatic rings. The lowest BCUT2D eigenvalue weighted by Crippen LogP contribution is -2.38. The third kappa shape index (κ3) is 7.13. The van der Waals surface area contributed by atoms with Crippen molar-refractivity contribution in [2.75, 3.05) is 13.7 Å². The number of hydrogen-bond acceptors (Lipinski definition) is 5. The smallest absolute Gasteiger partial charge is 0.249 e. The summed E-state index contributed by atoms with van der Waals surface area (Å²) in [6, 6.07) is 5.47. The molecule has 2 N–H and O–H groups in total. The number of hydrazone groups is 1. The first-order valence-corrected chi connectivity index (χ1v) is 9.15. The van der Waals surface area contributed by atoms with Gasteiger partial charge in [0, 0.05) is 6.04 Å². The van der Waals surface area contributed by atoms with Gasteiger partial charge in [0.1, 0.15) is 13.0 Å². The molecule has 1 aliphatic carbocycles. The summed E-state index contributed by atoms with van der Waals surface area (Å²) in [6.07, 6.45) is 8.34. The van der Waals surface area contributed by atoms with E-state index in [1.807, 2.05) is 0 Å². The highest BCUT2D eigenvalue weighted by atomic mass is 16.5. The van der Waals surface area contributed by atoms with E-state index in [-0.39, 0.29) is 18.4 Å². The highest BCUT2D eigenvalue weighted by Crippen LogP contribution is 2.27. The average Bonchev–Trinajstić information content (AvgIpc) is 2.67. The number of carbonyl (C=O) groups is 2. The highest BCUT2D eigenvalue weighted by Gasteiger charge is 2.17. The Morgan fingerprint density at radius 1 is 1.22 bits per heavy atom. The zero-order chi connectivity index (χ0) is 19.5. The molecule has 1 aromatic carbocycles. The number of hydrogen-bond donors (Lipinski definition) is 2. The minimum atomic E-state index is -0.447. The van der Waals surface area contributed by atoms with Gasteiger partial charge in [0.2, 0.25) is 11.8 Å². The quantitative estimate of drug-likeness (QED) is 0.301. The van der Waals surface area contributed by atoms with Crippen LogP contribution in [0.25, 0.3) is 0 Å². The minimum absolute atomic E-state index is 0.192. The third-order valence-electron chi connectivity index (χ3n) is 4.24. The molecule has 7 heteroatoms. The Labute approximate surface area is 159 Å². The number of methoxy groups -OCH3 is 1. The van der Waals surface area contributed by atoms with Crippen molar-refractivity contribution < 1.29 is 19.1 Å². The molecule has 0 saturated heterocycles. The largest absolute Gasteiger partial charge is 0.493 e. The zero-order valence-corrected chi connectivity index (χ0v) is 15.7. The molecule has 0 atom stereocenters. The van der Waals surface area contributed by atoms with Crippen LogP contribution >= 0.6 is 0 Å². The lowest BCUT2D eigenvalue weighted by molar-refractivity contribution is -0.129. The van der Waals surface area contributed by atoms with Gasteiger partial charge in [-0.2, -0.15) is 5.10 Å². The molecule has 0 unspecified atom stereocenters. The number of nitrogens with zero attached hydrogens (tertiary/aromatic N) is 1. The van der Waals surface area contributed by atoms with Crippen LogP contribution in [0.5, 0.6) is 11.5 Å². The maximum absolute atomic E-state index is 11.9. The van der Waals surface area contributed by atoms with Gasteiger partial charge in [0.05, 0.1) is 13.3 Å². The molecule has 1 fully saturated rings. The van der Waals surface area contributed by atoms with Crippen LogP contribution in [0.4, 0.5) is 0 Å². The van der Waals surface area contributed by atoms with Crippen molar-refractivity contribution in [3.05, 3.63) is 36.4 Å². The first-order valence-electron chi connectivity index (χ1n) is 9.15. The van der Waals surface area contributed by atoms with E-state index >= 15 is 0 Å². The Kier molecular flexibility index (Phi) is 8.35. The van der Waals surface area contributed by atoms with Crippen molar-refractivity contribution in [2.24, 2.45) is 5.10 Å². The molecule has 0 aliphatic heterocycles. The van der Waals surface area contributed by atoms with Crippen LogP contribution in [-0.2, 0) is 9.59 Å². The van der Waals surface area contributed by atoms with Gasteiger partial charge in [-0.1, -0.05) is 31.9 Å². The SMILES string of the molecule is C=CCOc1ccc(/C=N\NC(=O)CC(=O)NC2CCCCC2)cc1OC. The van der Waals surface area contributed by atoms with E-state index in [0.717, 1.165) is 31.2 Å². The molecular formula is C20H27N3O4. The first-order chi connectivity index (χ1) is 13.1. The number of rotatable bonds is 9. The summed E-state index contributed by atoms with van der Waals surface area (Å²) < 4.78 is 10.8. The van der Waals surface area contributed by atoms with Crippen LogP contribution in [0, 0.1) is 0 Å². The summed E-state index contributed by atoms with van der Waals surface area (Å²) in [5.41, 5.74) is 3.10. The average molecular weight is 373 g/mol. The van der Waals surface area contributed by atoms with E-state index in [4.69, 9.17) is 9.47 Å². The van der Waals surface area contributed by atoms with Gasteiger partial charge in [-0.15, -0.1) is 0 Å². The Morgan fingerprint density at radius 2 is 2.00 bits per heavy atom. The van der Waals surface area contributed by atoms with E-state index in [9.17, 15) is 9.59 Å². The molecule has 7 nitrogen and oxygen atoms in total. The summed E-state index contributed by atoms with van der Waals surface area (Å²) in [4.78, 5) is 23.7. The molecule has 27 heavy (non-hydrogen) atoms.